The third-order valence-electron chi connectivity index (χ3n) is 3.73. The second-order valence-corrected chi connectivity index (χ2v) is 5.93. The van der Waals surface area contributed by atoms with E-state index in [9.17, 15) is 4.79 Å². The molecule has 2 atom stereocenters. The first-order valence-electron chi connectivity index (χ1n) is 6.44. The zero-order valence-electron chi connectivity index (χ0n) is 10.7. The highest BCUT2D eigenvalue weighted by Crippen LogP contribution is 2.24. The van der Waals surface area contributed by atoms with Gasteiger partial charge in [-0.2, -0.15) is 0 Å². The molecule has 1 aromatic heterocycles. The minimum Gasteiger partial charge on any atom is -0.348 e. The van der Waals surface area contributed by atoms with Gasteiger partial charge in [-0.25, -0.2) is 0 Å². The second-order valence-electron chi connectivity index (χ2n) is 5.01. The number of amides is 1. The minimum absolute atomic E-state index is 0.00597. The zero-order valence-corrected chi connectivity index (χ0v) is 12.2. The average Bonchev–Trinajstić information content (AvgIpc) is 2.69. The lowest BCUT2D eigenvalue weighted by Gasteiger charge is -2.31. The lowest BCUT2D eigenvalue weighted by atomic mass is 9.84. The van der Waals surface area contributed by atoms with Crippen LogP contribution in [0.1, 0.15) is 36.2 Å². The summed E-state index contributed by atoms with van der Waals surface area (Å²) in [6.45, 7) is 0.655. The Balaban J connectivity index is 2.04. The Hall–Kier alpha value is -0.810. The fraction of sp³-hybridized carbons (Fsp3) is 0.615. The molecule has 0 aromatic carbocycles. The first-order chi connectivity index (χ1) is 8.61. The van der Waals surface area contributed by atoms with Gasteiger partial charge < -0.3 is 15.6 Å². The van der Waals surface area contributed by atoms with Crippen molar-refractivity contribution in [3.8, 4) is 0 Å². The van der Waals surface area contributed by atoms with Crippen molar-refractivity contribution in [3.63, 3.8) is 0 Å². The Morgan fingerprint density at radius 2 is 2.28 bits per heavy atom. The smallest absolute Gasteiger partial charge is 0.268 e. The number of aryl methyl sites for hydroxylation is 1. The third-order valence-corrected chi connectivity index (χ3v) is 4.17. The molecular formula is C13H20BrN3O. The van der Waals surface area contributed by atoms with Crippen LogP contribution in [0.3, 0.4) is 0 Å². The van der Waals surface area contributed by atoms with Crippen LogP contribution in [0.5, 0.6) is 0 Å². The molecule has 100 valence electrons. The fourth-order valence-corrected chi connectivity index (χ4v) is 3.20. The molecule has 0 spiro atoms. The van der Waals surface area contributed by atoms with Crippen molar-refractivity contribution in [3.05, 3.63) is 22.4 Å². The van der Waals surface area contributed by atoms with E-state index in [1.54, 1.807) is 0 Å². The Kier molecular flexibility index (Phi) is 4.45. The van der Waals surface area contributed by atoms with Crippen LogP contribution in [0.2, 0.25) is 0 Å². The molecule has 2 unspecified atom stereocenters. The van der Waals surface area contributed by atoms with Crippen LogP contribution < -0.4 is 11.1 Å². The summed E-state index contributed by atoms with van der Waals surface area (Å²) in [7, 11) is 1.88. The van der Waals surface area contributed by atoms with Crippen LogP contribution in [0, 0.1) is 5.92 Å². The maximum absolute atomic E-state index is 12.2. The van der Waals surface area contributed by atoms with Gasteiger partial charge in [0.15, 0.2) is 0 Å². The highest BCUT2D eigenvalue weighted by molar-refractivity contribution is 9.10. The van der Waals surface area contributed by atoms with E-state index >= 15 is 0 Å². The Morgan fingerprint density at radius 1 is 1.56 bits per heavy atom. The largest absolute Gasteiger partial charge is 0.348 e. The van der Waals surface area contributed by atoms with Crippen molar-refractivity contribution in [1.29, 1.82) is 0 Å². The normalized spacial score (nSPS) is 23.9. The van der Waals surface area contributed by atoms with Crippen molar-refractivity contribution in [2.75, 3.05) is 6.54 Å². The number of aromatic nitrogens is 1. The fourth-order valence-electron chi connectivity index (χ4n) is 2.67. The predicted molar refractivity (Wildman–Crippen MR) is 75.4 cm³/mol. The quantitative estimate of drug-likeness (QED) is 0.897. The number of carbonyl (C=O) groups excluding carboxylic acids is 1. The molecule has 0 radical (unpaired) electrons. The monoisotopic (exact) mass is 313 g/mol. The molecule has 1 amide bonds. The number of nitrogens with two attached hydrogens (primary N) is 1. The van der Waals surface area contributed by atoms with E-state index < -0.39 is 0 Å². The molecule has 0 bridgehead atoms. The van der Waals surface area contributed by atoms with Gasteiger partial charge in [0.25, 0.3) is 5.91 Å². The summed E-state index contributed by atoms with van der Waals surface area (Å²) in [5.41, 5.74) is 6.46. The van der Waals surface area contributed by atoms with Crippen molar-refractivity contribution in [1.82, 2.24) is 9.88 Å². The van der Waals surface area contributed by atoms with Crippen LogP contribution in [0.15, 0.2) is 16.7 Å². The molecule has 2 rings (SSSR count). The van der Waals surface area contributed by atoms with E-state index in [0.29, 0.717) is 18.2 Å². The van der Waals surface area contributed by atoms with E-state index in [4.69, 9.17) is 5.73 Å². The summed E-state index contributed by atoms with van der Waals surface area (Å²) in [6, 6.07) is 2.07. The highest BCUT2D eigenvalue weighted by Gasteiger charge is 2.26. The summed E-state index contributed by atoms with van der Waals surface area (Å²) >= 11 is 3.38. The number of halogens is 1. The minimum atomic E-state index is -0.00597. The Bertz CT molecular complexity index is 430. The summed E-state index contributed by atoms with van der Waals surface area (Å²) in [5.74, 6) is 0.417. The number of rotatable bonds is 3. The molecule has 0 aliphatic heterocycles. The summed E-state index contributed by atoms with van der Waals surface area (Å²) < 4.78 is 2.76. The zero-order chi connectivity index (χ0) is 13.1. The maximum Gasteiger partial charge on any atom is 0.268 e. The van der Waals surface area contributed by atoms with Crippen molar-refractivity contribution < 1.29 is 4.79 Å². The van der Waals surface area contributed by atoms with Crippen LogP contribution in [0.25, 0.3) is 0 Å². The highest BCUT2D eigenvalue weighted by atomic mass is 79.9. The molecule has 5 heteroatoms. The van der Waals surface area contributed by atoms with Gasteiger partial charge in [-0.15, -0.1) is 0 Å². The lowest BCUT2D eigenvalue weighted by molar-refractivity contribution is 0.0900. The van der Waals surface area contributed by atoms with Gasteiger partial charge in [0.1, 0.15) is 5.69 Å². The molecule has 0 saturated heterocycles. The maximum atomic E-state index is 12.2. The van der Waals surface area contributed by atoms with Gasteiger partial charge in [-0.05, 0) is 47.3 Å². The van der Waals surface area contributed by atoms with E-state index in [-0.39, 0.29) is 11.9 Å². The number of hydrogen-bond acceptors (Lipinski definition) is 2. The number of nitrogens with one attached hydrogen (secondary N) is 1. The van der Waals surface area contributed by atoms with Gasteiger partial charge in [-0.3, -0.25) is 4.79 Å². The molecule has 1 fully saturated rings. The van der Waals surface area contributed by atoms with Gasteiger partial charge in [0.2, 0.25) is 0 Å². The SMILES string of the molecule is Cn1cc(Br)cc1C(=O)NC1CCCCC1CN. The summed E-state index contributed by atoms with van der Waals surface area (Å²) in [5, 5.41) is 3.13. The molecule has 1 aliphatic rings. The first-order valence-corrected chi connectivity index (χ1v) is 7.24. The molecule has 1 aromatic rings. The molecule has 4 nitrogen and oxygen atoms in total. The summed E-state index contributed by atoms with van der Waals surface area (Å²) in [6.07, 6.45) is 6.45. The molecule has 18 heavy (non-hydrogen) atoms. The van der Waals surface area contributed by atoms with Crippen LogP contribution in [-0.2, 0) is 7.05 Å². The van der Waals surface area contributed by atoms with Gasteiger partial charge >= 0.3 is 0 Å². The topological polar surface area (TPSA) is 60.0 Å². The van der Waals surface area contributed by atoms with Gasteiger partial charge in [0.05, 0.1) is 0 Å². The molecule has 3 N–H and O–H groups in total. The van der Waals surface area contributed by atoms with Crippen LogP contribution in [0.4, 0.5) is 0 Å². The standard InChI is InChI=1S/C13H20BrN3O/c1-17-8-10(14)6-12(17)13(18)16-11-5-3-2-4-9(11)7-15/h6,8-9,11H,2-5,7,15H2,1H3,(H,16,18). The average molecular weight is 314 g/mol. The Labute approximate surface area is 116 Å². The molecular weight excluding hydrogens is 294 g/mol. The molecule has 1 aliphatic carbocycles. The van der Waals surface area contributed by atoms with Crippen molar-refractivity contribution in [2.24, 2.45) is 18.7 Å². The van der Waals surface area contributed by atoms with Crippen molar-refractivity contribution in [2.45, 2.75) is 31.7 Å². The van der Waals surface area contributed by atoms with Gasteiger partial charge in [0, 0.05) is 23.8 Å². The Morgan fingerprint density at radius 3 is 2.89 bits per heavy atom. The lowest BCUT2D eigenvalue weighted by Crippen LogP contribution is -2.45. The molecule has 1 saturated carbocycles. The second kappa shape index (κ2) is 5.89. The summed E-state index contributed by atoms with van der Waals surface area (Å²) in [4.78, 5) is 12.2. The van der Waals surface area contributed by atoms with Crippen LogP contribution >= 0.6 is 15.9 Å². The van der Waals surface area contributed by atoms with E-state index in [2.05, 4.69) is 21.2 Å². The molecule has 1 heterocycles. The third kappa shape index (κ3) is 2.95. The number of carbonyl (C=O) groups is 1. The number of nitrogens with zero attached hydrogens (tertiary/aromatic N) is 1. The van der Waals surface area contributed by atoms with E-state index in [1.807, 2.05) is 23.9 Å². The van der Waals surface area contributed by atoms with Crippen molar-refractivity contribution >= 4 is 21.8 Å². The predicted octanol–water partition coefficient (Wildman–Crippen LogP) is 2.03. The van der Waals surface area contributed by atoms with E-state index in [0.717, 1.165) is 17.3 Å². The van der Waals surface area contributed by atoms with E-state index in [1.165, 1.54) is 12.8 Å². The van der Waals surface area contributed by atoms with Gasteiger partial charge in [-0.1, -0.05) is 12.8 Å². The van der Waals surface area contributed by atoms with Crippen LogP contribution in [-0.4, -0.2) is 23.1 Å². The number of hydrogen-bond donors (Lipinski definition) is 2. The first kappa shape index (κ1) is 13.6.